The standard InChI is InChI=1S/C19H19NO3/c1-3-8-22-14-6-7-15-17(21)11-18(23-19(15)10-14)13-5-4-12(2)16(20)9-13/h4-7,9-11H,3,8,20H2,1-2H3. The highest BCUT2D eigenvalue weighted by atomic mass is 16.5. The molecule has 0 unspecified atom stereocenters. The Hall–Kier alpha value is -2.75. The predicted molar refractivity (Wildman–Crippen MR) is 92.9 cm³/mol. The van der Waals surface area contributed by atoms with Crippen LogP contribution in [0.5, 0.6) is 5.75 Å². The third kappa shape index (κ3) is 3.06. The first-order chi connectivity index (χ1) is 11.1. The van der Waals surface area contributed by atoms with Gasteiger partial charge in [-0.2, -0.15) is 0 Å². The lowest BCUT2D eigenvalue weighted by molar-refractivity contribution is 0.317. The number of rotatable bonds is 4. The molecule has 2 N–H and O–H groups in total. The number of hydrogen-bond acceptors (Lipinski definition) is 4. The van der Waals surface area contributed by atoms with Gasteiger partial charge >= 0.3 is 0 Å². The Balaban J connectivity index is 2.11. The highest BCUT2D eigenvalue weighted by Crippen LogP contribution is 2.27. The molecule has 0 bridgehead atoms. The molecule has 4 nitrogen and oxygen atoms in total. The average Bonchev–Trinajstić information content (AvgIpc) is 2.55. The van der Waals surface area contributed by atoms with E-state index in [4.69, 9.17) is 14.9 Å². The number of fused-ring (bicyclic) bond motifs is 1. The second-order valence-electron chi connectivity index (χ2n) is 5.55. The van der Waals surface area contributed by atoms with Crippen molar-refractivity contribution in [1.82, 2.24) is 0 Å². The smallest absolute Gasteiger partial charge is 0.193 e. The molecule has 0 fully saturated rings. The van der Waals surface area contributed by atoms with Gasteiger partial charge in [0, 0.05) is 23.4 Å². The molecule has 0 radical (unpaired) electrons. The van der Waals surface area contributed by atoms with Gasteiger partial charge in [-0.1, -0.05) is 19.1 Å². The maximum atomic E-state index is 12.3. The van der Waals surface area contributed by atoms with E-state index in [1.165, 1.54) is 6.07 Å². The van der Waals surface area contributed by atoms with E-state index in [1.807, 2.05) is 32.0 Å². The third-order valence-electron chi connectivity index (χ3n) is 3.74. The van der Waals surface area contributed by atoms with Gasteiger partial charge in [-0.25, -0.2) is 0 Å². The SMILES string of the molecule is CCCOc1ccc2c(=O)cc(-c3ccc(C)c(N)c3)oc2c1. The van der Waals surface area contributed by atoms with E-state index >= 15 is 0 Å². The molecule has 0 saturated carbocycles. The van der Waals surface area contributed by atoms with Crippen LogP contribution < -0.4 is 15.9 Å². The van der Waals surface area contributed by atoms with Crippen molar-refractivity contribution in [3.63, 3.8) is 0 Å². The summed E-state index contributed by atoms with van der Waals surface area (Å²) in [5, 5.41) is 0.540. The number of ether oxygens (including phenoxy) is 1. The molecule has 0 amide bonds. The lowest BCUT2D eigenvalue weighted by Gasteiger charge is -2.08. The predicted octanol–water partition coefficient (Wildman–Crippen LogP) is 4.14. The number of aryl methyl sites for hydroxylation is 1. The van der Waals surface area contributed by atoms with E-state index in [0.29, 0.717) is 34.8 Å². The fourth-order valence-electron chi connectivity index (χ4n) is 2.38. The van der Waals surface area contributed by atoms with Gasteiger partial charge in [0.1, 0.15) is 17.1 Å². The zero-order chi connectivity index (χ0) is 16.4. The fourth-order valence-corrected chi connectivity index (χ4v) is 2.38. The average molecular weight is 309 g/mol. The lowest BCUT2D eigenvalue weighted by atomic mass is 10.1. The van der Waals surface area contributed by atoms with Crippen molar-refractivity contribution in [2.45, 2.75) is 20.3 Å². The van der Waals surface area contributed by atoms with Crippen LogP contribution >= 0.6 is 0 Å². The molecule has 118 valence electrons. The summed E-state index contributed by atoms with van der Waals surface area (Å²) in [5.74, 6) is 1.20. The minimum Gasteiger partial charge on any atom is -0.493 e. The van der Waals surface area contributed by atoms with Gasteiger partial charge in [-0.15, -0.1) is 0 Å². The summed E-state index contributed by atoms with van der Waals surface area (Å²) < 4.78 is 11.5. The number of nitrogen functional groups attached to an aromatic ring is 1. The van der Waals surface area contributed by atoms with E-state index in [-0.39, 0.29) is 5.43 Å². The van der Waals surface area contributed by atoms with Gasteiger partial charge in [0.15, 0.2) is 5.43 Å². The molecular weight excluding hydrogens is 290 g/mol. The van der Waals surface area contributed by atoms with Crippen LogP contribution in [0.4, 0.5) is 5.69 Å². The number of benzene rings is 2. The maximum absolute atomic E-state index is 12.3. The molecule has 0 aliphatic heterocycles. The van der Waals surface area contributed by atoms with Crippen LogP contribution in [0.25, 0.3) is 22.3 Å². The van der Waals surface area contributed by atoms with Crippen LogP contribution in [0.15, 0.2) is 51.7 Å². The van der Waals surface area contributed by atoms with Crippen LogP contribution in [-0.2, 0) is 0 Å². The van der Waals surface area contributed by atoms with Crippen LogP contribution in [0, 0.1) is 6.92 Å². The third-order valence-corrected chi connectivity index (χ3v) is 3.74. The normalized spacial score (nSPS) is 10.9. The highest BCUT2D eigenvalue weighted by Gasteiger charge is 2.09. The quantitative estimate of drug-likeness (QED) is 0.736. The van der Waals surface area contributed by atoms with Gasteiger partial charge in [0.05, 0.1) is 12.0 Å². The van der Waals surface area contributed by atoms with Gasteiger partial charge in [0.2, 0.25) is 0 Å². The number of hydrogen-bond donors (Lipinski definition) is 1. The molecule has 2 aromatic carbocycles. The minimum atomic E-state index is -0.0811. The Morgan fingerprint density at radius 1 is 1.13 bits per heavy atom. The molecule has 4 heteroatoms. The zero-order valence-electron chi connectivity index (χ0n) is 13.3. The Labute approximate surface area is 134 Å². The molecule has 0 spiro atoms. The monoisotopic (exact) mass is 309 g/mol. The first-order valence-electron chi connectivity index (χ1n) is 7.65. The number of anilines is 1. The second-order valence-corrected chi connectivity index (χ2v) is 5.55. The molecule has 1 aromatic heterocycles. The van der Waals surface area contributed by atoms with Gasteiger partial charge in [0.25, 0.3) is 0 Å². The van der Waals surface area contributed by atoms with Crippen LogP contribution in [0.2, 0.25) is 0 Å². The Kier molecular flexibility index (Phi) is 4.06. The second kappa shape index (κ2) is 6.16. The molecule has 0 aliphatic carbocycles. The largest absolute Gasteiger partial charge is 0.493 e. The summed E-state index contributed by atoms with van der Waals surface area (Å²) in [6.45, 7) is 4.61. The van der Waals surface area contributed by atoms with Crippen LogP contribution in [0.3, 0.4) is 0 Å². The van der Waals surface area contributed by atoms with Gasteiger partial charge in [-0.05, 0) is 37.1 Å². The Morgan fingerprint density at radius 2 is 1.96 bits per heavy atom. The van der Waals surface area contributed by atoms with Gasteiger partial charge < -0.3 is 14.9 Å². The minimum absolute atomic E-state index is 0.0811. The van der Waals surface area contributed by atoms with Crippen molar-refractivity contribution in [1.29, 1.82) is 0 Å². The van der Waals surface area contributed by atoms with E-state index in [2.05, 4.69) is 0 Å². The van der Waals surface area contributed by atoms with Crippen molar-refractivity contribution >= 4 is 16.7 Å². The molecule has 1 heterocycles. The Morgan fingerprint density at radius 3 is 2.70 bits per heavy atom. The Bertz CT molecular complexity index is 912. The molecule has 3 aromatic rings. The fraction of sp³-hybridized carbons (Fsp3) is 0.211. The zero-order valence-corrected chi connectivity index (χ0v) is 13.3. The van der Waals surface area contributed by atoms with Crippen molar-refractivity contribution in [3.8, 4) is 17.1 Å². The van der Waals surface area contributed by atoms with E-state index in [9.17, 15) is 4.79 Å². The first-order valence-corrected chi connectivity index (χ1v) is 7.65. The summed E-state index contributed by atoms with van der Waals surface area (Å²) in [5.41, 5.74) is 8.83. The van der Waals surface area contributed by atoms with E-state index in [1.54, 1.807) is 18.2 Å². The number of nitrogens with two attached hydrogens (primary N) is 1. The van der Waals surface area contributed by atoms with Crippen molar-refractivity contribution in [3.05, 3.63) is 58.3 Å². The molecule has 0 aliphatic rings. The molecule has 0 atom stereocenters. The summed E-state index contributed by atoms with van der Waals surface area (Å²) in [6, 6.07) is 12.4. The van der Waals surface area contributed by atoms with Crippen molar-refractivity contribution in [2.24, 2.45) is 0 Å². The maximum Gasteiger partial charge on any atom is 0.193 e. The lowest BCUT2D eigenvalue weighted by Crippen LogP contribution is -2.01. The molecule has 3 rings (SSSR count). The highest BCUT2D eigenvalue weighted by molar-refractivity contribution is 5.80. The summed E-state index contributed by atoms with van der Waals surface area (Å²) >= 11 is 0. The molecular formula is C19H19NO3. The van der Waals surface area contributed by atoms with Gasteiger partial charge in [-0.3, -0.25) is 4.79 Å². The van der Waals surface area contributed by atoms with E-state index < -0.39 is 0 Å². The van der Waals surface area contributed by atoms with Crippen molar-refractivity contribution in [2.75, 3.05) is 12.3 Å². The topological polar surface area (TPSA) is 65.5 Å². The molecule has 0 saturated heterocycles. The van der Waals surface area contributed by atoms with Crippen LogP contribution in [0.1, 0.15) is 18.9 Å². The molecule has 23 heavy (non-hydrogen) atoms. The van der Waals surface area contributed by atoms with E-state index in [0.717, 1.165) is 17.5 Å². The summed E-state index contributed by atoms with van der Waals surface area (Å²) in [4.78, 5) is 12.3. The summed E-state index contributed by atoms with van der Waals surface area (Å²) in [7, 11) is 0. The van der Waals surface area contributed by atoms with Crippen molar-refractivity contribution < 1.29 is 9.15 Å². The van der Waals surface area contributed by atoms with Crippen LogP contribution in [-0.4, -0.2) is 6.61 Å². The first kappa shape index (κ1) is 15.2. The summed E-state index contributed by atoms with van der Waals surface area (Å²) in [6.07, 6.45) is 0.921.